The van der Waals surface area contributed by atoms with Crippen LogP contribution in [-0.2, 0) is 11.2 Å². The summed E-state index contributed by atoms with van der Waals surface area (Å²) in [4.78, 5) is 11.3. The lowest BCUT2D eigenvalue weighted by atomic mass is 10.0. The van der Waals surface area contributed by atoms with Crippen LogP contribution in [-0.4, -0.2) is 13.1 Å². The lowest BCUT2D eigenvalue weighted by Crippen LogP contribution is -2.06. The molecule has 0 saturated carbocycles. The zero-order valence-corrected chi connectivity index (χ0v) is 7.83. The molecule has 0 aliphatic heterocycles. The third-order valence-electron chi connectivity index (χ3n) is 1.92. The SMILES string of the molecule is CCc1ccc(N)cc1C(=O)OC. The molecule has 0 aliphatic rings. The number of nitrogen functional groups attached to an aromatic ring is 1. The molecular formula is C10H13NO2. The fraction of sp³-hybridized carbons (Fsp3) is 0.300. The van der Waals surface area contributed by atoms with Crippen LogP contribution in [0.25, 0.3) is 0 Å². The molecule has 0 fully saturated rings. The lowest BCUT2D eigenvalue weighted by Gasteiger charge is -2.06. The van der Waals surface area contributed by atoms with Crippen molar-refractivity contribution in [2.45, 2.75) is 13.3 Å². The van der Waals surface area contributed by atoms with Gasteiger partial charge in [-0.2, -0.15) is 0 Å². The summed E-state index contributed by atoms with van der Waals surface area (Å²) in [7, 11) is 1.37. The predicted molar refractivity (Wildman–Crippen MR) is 51.6 cm³/mol. The second-order valence-corrected chi connectivity index (χ2v) is 2.76. The summed E-state index contributed by atoms with van der Waals surface area (Å²) < 4.78 is 4.64. The smallest absolute Gasteiger partial charge is 0.338 e. The van der Waals surface area contributed by atoms with Crippen LogP contribution in [0, 0.1) is 0 Å². The van der Waals surface area contributed by atoms with Gasteiger partial charge in [-0.15, -0.1) is 0 Å². The monoisotopic (exact) mass is 179 g/mol. The Labute approximate surface area is 77.5 Å². The highest BCUT2D eigenvalue weighted by atomic mass is 16.5. The number of hydrogen-bond donors (Lipinski definition) is 1. The van der Waals surface area contributed by atoms with E-state index in [9.17, 15) is 4.79 Å². The van der Waals surface area contributed by atoms with Crippen LogP contribution in [0.4, 0.5) is 5.69 Å². The maximum atomic E-state index is 11.3. The number of carbonyl (C=O) groups is 1. The first kappa shape index (κ1) is 9.58. The minimum Gasteiger partial charge on any atom is -0.465 e. The summed E-state index contributed by atoms with van der Waals surface area (Å²) in [5, 5.41) is 0. The van der Waals surface area contributed by atoms with E-state index in [1.54, 1.807) is 12.1 Å². The molecule has 0 aliphatic carbocycles. The van der Waals surface area contributed by atoms with Gasteiger partial charge < -0.3 is 10.5 Å². The van der Waals surface area contributed by atoms with Gasteiger partial charge in [0.2, 0.25) is 0 Å². The molecule has 0 atom stereocenters. The average molecular weight is 179 g/mol. The summed E-state index contributed by atoms with van der Waals surface area (Å²) in [5.74, 6) is -0.329. The number of hydrogen-bond acceptors (Lipinski definition) is 3. The van der Waals surface area contributed by atoms with Crippen LogP contribution in [0.1, 0.15) is 22.8 Å². The Kier molecular flexibility index (Phi) is 2.90. The fourth-order valence-electron chi connectivity index (χ4n) is 1.20. The highest BCUT2D eigenvalue weighted by Crippen LogP contribution is 2.15. The van der Waals surface area contributed by atoms with E-state index in [1.165, 1.54) is 7.11 Å². The van der Waals surface area contributed by atoms with Crippen molar-refractivity contribution in [3.8, 4) is 0 Å². The molecule has 0 spiro atoms. The van der Waals surface area contributed by atoms with E-state index >= 15 is 0 Å². The molecule has 0 heterocycles. The Balaban J connectivity index is 3.15. The molecule has 0 unspecified atom stereocenters. The Morgan fingerprint density at radius 3 is 2.77 bits per heavy atom. The van der Waals surface area contributed by atoms with Crippen LogP contribution < -0.4 is 5.73 Å². The Bertz CT molecular complexity index is 321. The molecule has 13 heavy (non-hydrogen) atoms. The summed E-state index contributed by atoms with van der Waals surface area (Å²) in [5.41, 5.74) is 7.67. The molecule has 70 valence electrons. The first-order valence-electron chi connectivity index (χ1n) is 4.15. The van der Waals surface area contributed by atoms with Gasteiger partial charge in [-0.1, -0.05) is 13.0 Å². The lowest BCUT2D eigenvalue weighted by molar-refractivity contribution is 0.0599. The van der Waals surface area contributed by atoms with Crippen LogP contribution in [0.15, 0.2) is 18.2 Å². The molecule has 0 radical (unpaired) electrons. The van der Waals surface area contributed by atoms with E-state index in [1.807, 2.05) is 13.0 Å². The van der Waals surface area contributed by atoms with Gasteiger partial charge >= 0.3 is 5.97 Å². The molecule has 2 N–H and O–H groups in total. The normalized spacial score (nSPS) is 9.69. The van der Waals surface area contributed by atoms with Crippen LogP contribution >= 0.6 is 0 Å². The van der Waals surface area contributed by atoms with Crippen molar-refractivity contribution in [1.82, 2.24) is 0 Å². The van der Waals surface area contributed by atoms with Crippen molar-refractivity contribution in [1.29, 1.82) is 0 Å². The van der Waals surface area contributed by atoms with Crippen molar-refractivity contribution in [3.63, 3.8) is 0 Å². The van der Waals surface area contributed by atoms with Crippen molar-refractivity contribution in [3.05, 3.63) is 29.3 Å². The van der Waals surface area contributed by atoms with Crippen LogP contribution in [0.5, 0.6) is 0 Å². The number of rotatable bonds is 2. The van der Waals surface area contributed by atoms with Crippen LogP contribution in [0.3, 0.4) is 0 Å². The second kappa shape index (κ2) is 3.94. The Morgan fingerprint density at radius 2 is 2.23 bits per heavy atom. The van der Waals surface area contributed by atoms with E-state index in [-0.39, 0.29) is 5.97 Å². The van der Waals surface area contributed by atoms with Gasteiger partial charge in [0.05, 0.1) is 12.7 Å². The summed E-state index contributed by atoms with van der Waals surface area (Å²) in [6.07, 6.45) is 0.796. The number of benzene rings is 1. The molecule has 3 heteroatoms. The van der Waals surface area contributed by atoms with Crippen molar-refractivity contribution >= 4 is 11.7 Å². The maximum absolute atomic E-state index is 11.3. The third-order valence-corrected chi connectivity index (χ3v) is 1.92. The predicted octanol–water partition coefficient (Wildman–Crippen LogP) is 1.62. The molecule has 0 saturated heterocycles. The summed E-state index contributed by atoms with van der Waals surface area (Å²) in [6.45, 7) is 1.98. The first-order chi connectivity index (χ1) is 6.19. The topological polar surface area (TPSA) is 52.3 Å². The van der Waals surface area contributed by atoms with Crippen LogP contribution in [0.2, 0.25) is 0 Å². The maximum Gasteiger partial charge on any atom is 0.338 e. The van der Waals surface area contributed by atoms with Gasteiger partial charge in [0.1, 0.15) is 0 Å². The van der Waals surface area contributed by atoms with Gasteiger partial charge in [0, 0.05) is 5.69 Å². The number of anilines is 1. The largest absolute Gasteiger partial charge is 0.465 e. The number of ether oxygens (including phenoxy) is 1. The zero-order valence-electron chi connectivity index (χ0n) is 7.83. The summed E-state index contributed by atoms with van der Waals surface area (Å²) >= 11 is 0. The van der Waals surface area contributed by atoms with Crippen molar-refractivity contribution in [2.75, 3.05) is 12.8 Å². The van der Waals surface area contributed by atoms with Gasteiger partial charge in [0.25, 0.3) is 0 Å². The second-order valence-electron chi connectivity index (χ2n) is 2.76. The quantitative estimate of drug-likeness (QED) is 0.554. The fourth-order valence-corrected chi connectivity index (χ4v) is 1.20. The highest BCUT2D eigenvalue weighted by molar-refractivity contribution is 5.92. The van der Waals surface area contributed by atoms with Crippen molar-refractivity contribution < 1.29 is 9.53 Å². The third kappa shape index (κ3) is 1.99. The van der Waals surface area contributed by atoms with Gasteiger partial charge in [0.15, 0.2) is 0 Å². The molecular weight excluding hydrogens is 166 g/mol. The molecule has 1 rings (SSSR count). The number of aryl methyl sites for hydroxylation is 1. The molecule has 0 aromatic heterocycles. The van der Waals surface area contributed by atoms with Crippen molar-refractivity contribution in [2.24, 2.45) is 0 Å². The minimum absolute atomic E-state index is 0.329. The van der Waals surface area contributed by atoms with E-state index in [4.69, 9.17) is 5.73 Å². The average Bonchev–Trinajstić information content (AvgIpc) is 2.16. The van der Waals surface area contributed by atoms with E-state index in [0.717, 1.165) is 12.0 Å². The minimum atomic E-state index is -0.329. The molecule has 1 aromatic rings. The number of nitrogens with two attached hydrogens (primary N) is 1. The molecule has 1 aromatic carbocycles. The zero-order chi connectivity index (χ0) is 9.84. The molecule has 0 bridgehead atoms. The first-order valence-corrected chi connectivity index (χ1v) is 4.15. The van der Waals surface area contributed by atoms with E-state index in [0.29, 0.717) is 11.3 Å². The number of carbonyl (C=O) groups excluding carboxylic acids is 1. The van der Waals surface area contributed by atoms with Gasteiger partial charge in [-0.3, -0.25) is 0 Å². The highest BCUT2D eigenvalue weighted by Gasteiger charge is 2.10. The van der Waals surface area contributed by atoms with E-state index < -0.39 is 0 Å². The van der Waals surface area contributed by atoms with Gasteiger partial charge in [-0.25, -0.2) is 4.79 Å². The summed E-state index contributed by atoms with van der Waals surface area (Å²) in [6, 6.07) is 5.28. The Hall–Kier alpha value is -1.51. The Morgan fingerprint density at radius 1 is 1.54 bits per heavy atom. The van der Waals surface area contributed by atoms with E-state index in [2.05, 4.69) is 4.74 Å². The number of esters is 1. The standard InChI is InChI=1S/C10H13NO2/c1-3-7-4-5-8(11)6-9(7)10(12)13-2/h4-6H,3,11H2,1-2H3. The molecule has 0 amide bonds. The van der Waals surface area contributed by atoms with Gasteiger partial charge in [-0.05, 0) is 24.1 Å². The molecule has 3 nitrogen and oxygen atoms in total. The number of methoxy groups -OCH3 is 1.